The largest absolute Gasteiger partial charge is 0.317 e. The Morgan fingerprint density at radius 3 is 2.71 bits per heavy atom. The third-order valence-electron chi connectivity index (χ3n) is 5.48. The molecule has 2 saturated heterocycles. The summed E-state index contributed by atoms with van der Waals surface area (Å²) in [6.45, 7) is 5.87. The molecule has 0 saturated carbocycles. The zero-order chi connectivity index (χ0) is 16.2. The molecule has 0 atom stereocenters. The van der Waals surface area contributed by atoms with Crippen LogP contribution in [0.5, 0.6) is 0 Å². The second kappa shape index (κ2) is 7.50. The summed E-state index contributed by atoms with van der Waals surface area (Å²) in [6, 6.07) is 19.2. The van der Waals surface area contributed by atoms with Crippen molar-refractivity contribution >= 4 is 0 Å². The lowest BCUT2D eigenvalue weighted by Gasteiger charge is -2.23. The van der Waals surface area contributed by atoms with Gasteiger partial charge in [-0.3, -0.25) is 4.90 Å². The van der Waals surface area contributed by atoms with Gasteiger partial charge in [-0.25, -0.2) is 0 Å². The number of nitrogens with one attached hydrogen (secondary N) is 1. The van der Waals surface area contributed by atoms with E-state index in [1.54, 1.807) is 0 Å². The molecule has 0 unspecified atom stereocenters. The van der Waals surface area contributed by atoms with Crippen LogP contribution in [-0.2, 0) is 6.54 Å². The molecule has 0 bridgehead atoms. The van der Waals surface area contributed by atoms with Crippen molar-refractivity contribution in [3.8, 4) is 11.1 Å². The van der Waals surface area contributed by atoms with Crippen LogP contribution in [0.3, 0.4) is 0 Å². The Morgan fingerprint density at radius 1 is 1.04 bits per heavy atom. The summed E-state index contributed by atoms with van der Waals surface area (Å²) in [6.07, 6.45) is 5.20. The van der Waals surface area contributed by atoms with Gasteiger partial charge in [0.2, 0.25) is 0 Å². The maximum atomic E-state index is 3.46. The van der Waals surface area contributed by atoms with Crippen LogP contribution in [-0.4, -0.2) is 31.1 Å². The minimum absolute atomic E-state index is 0.701. The van der Waals surface area contributed by atoms with Gasteiger partial charge >= 0.3 is 0 Å². The van der Waals surface area contributed by atoms with Gasteiger partial charge in [0.05, 0.1) is 0 Å². The second-order valence-electron chi connectivity index (χ2n) is 7.24. The van der Waals surface area contributed by atoms with E-state index in [0.29, 0.717) is 5.92 Å². The molecule has 2 aromatic carbocycles. The van der Waals surface area contributed by atoms with Crippen molar-refractivity contribution in [2.24, 2.45) is 0 Å². The summed E-state index contributed by atoms with van der Waals surface area (Å²) < 4.78 is 0. The topological polar surface area (TPSA) is 15.3 Å². The minimum Gasteiger partial charge on any atom is -0.317 e. The van der Waals surface area contributed by atoms with E-state index in [1.165, 1.54) is 61.0 Å². The highest BCUT2D eigenvalue weighted by Gasteiger charge is 2.16. The zero-order valence-electron chi connectivity index (χ0n) is 14.4. The summed E-state index contributed by atoms with van der Waals surface area (Å²) in [5.74, 6) is 0.701. The zero-order valence-corrected chi connectivity index (χ0v) is 14.4. The van der Waals surface area contributed by atoms with Crippen molar-refractivity contribution in [1.29, 1.82) is 0 Å². The van der Waals surface area contributed by atoms with Crippen LogP contribution < -0.4 is 5.32 Å². The fourth-order valence-corrected chi connectivity index (χ4v) is 4.10. The van der Waals surface area contributed by atoms with Gasteiger partial charge in [0.25, 0.3) is 0 Å². The van der Waals surface area contributed by atoms with Crippen molar-refractivity contribution in [3.05, 3.63) is 59.7 Å². The molecule has 1 radical (unpaired) electrons. The monoisotopic (exact) mass is 319 g/mol. The highest BCUT2D eigenvalue weighted by molar-refractivity contribution is 5.64. The Bertz CT molecular complexity index is 667. The van der Waals surface area contributed by atoms with Crippen LogP contribution in [0.4, 0.5) is 0 Å². The summed E-state index contributed by atoms with van der Waals surface area (Å²) in [4.78, 5) is 2.56. The maximum absolute atomic E-state index is 3.46. The third kappa shape index (κ3) is 3.71. The van der Waals surface area contributed by atoms with Crippen molar-refractivity contribution in [3.63, 3.8) is 0 Å². The lowest BCUT2D eigenvalue weighted by atomic mass is 9.88. The second-order valence-corrected chi connectivity index (χ2v) is 7.24. The lowest BCUT2D eigenvalue weighted by Crippen LogP contribution is -2.26. The van der Waals surface area contributed by atoms with E-state index in [0.717, 1.165) is 19.6 Å². The van der Waals surface area contributed by atoms with Gasteiger partial charge in [-0.05, 0) is 92.2 Å². The van der Waals surface area contributed by atoms with E-state index in [-0.39, 0.29) is 0 Å². The number of nitrogens with zero attached hydrogens (tertiary/aromatic N) is 1. The summed E-state index contributed by atoms with van der Waals surface area (Å²) in [5, 5.41) is 3.46. The van der Waals surface area contributed by atoms with Gasteiger partial charge in [-0.2, -0.15) is 0 Å². The molecule has 0 aromatic heterocycles. The SMILES string of the molecule is [c]1ccc(C2CCNCC2)cc1-c1cccc(CN2CCCC2)c1. The molecule has 2 heterocycles. The van der Waals surface area contributed by atoms with Gasteiger partial charge in [0.15, 0.2) is 0 Å². The summed E-state index contributed by atoms with van der Waals surface area (Å²) in [7, 11) is 0. The van der Waals surface area contributed by atoms with Gasteiger partial charge in [0.1, 0.15) is 0 Å². The molecule has 2 fully saturated rings. The Balaban J connectivity index is 1.54. The molecule has 4 rings (SSSR count). The van der Waals surface area contributed by atoms with Gasteiger partial charge in [-0.15, -0.1) is 0 Å². The average Bonchev–Trinajstić information content (AvgIpc) is 3.16. The van der Waals surface area contributed by atoms with E-state index >= 15 is 0 Å². The van der Waals surface area contributed by atoms with E-state index in [2.05, 4.69) is 58.7 Å². The average molecular weight is 319 g/mol. The van der Waals surface area contributed by atoms with E-state index < -0.39 is 0 Å². The number of piperidine rings is 1. The Morgan fingerprint density at radius 2 is 1.88 bits per heavy atom. The first kappa shape index (κ1) is 15.9. The fraction of sp³-hybridized carbons (Fsp3) is 0.455. The van der Waals surface area contributed by atoms with Gasteiger partial charge in [-0.1, -0.05) is 36.4 Å². The van der Waals surface area contributed by atoms with Crippen LogP contribution in [0.15, 0.2) is 42.5 Å². The first-order valence-electron chi connectivity index (χ1n) is 9.42. The van der Waals surface area contributed by atoms with Crippen LogP contribution in [0.2, 0.25) is 0 Å². The lowest BCUT2D eigenvalue weighted by molar-refractivity contribution is 0.331. The van der Waals surface area contributed by atoms with Crippen molar-refractivity contribution in [2.75, 3.05) is 26.2 Å². The maximum Gasteiger partial charge on any atom is 0.0233 e. The fourth-order valence-electron chi connectivity index (χ4n) is 4.10. The predicted molar refractivity (Wildman–Crippen MR) is 100 cm³/mol. The van der Waals surface area contributed by atoms with Crippen LogP contribution >= 0.6 is 0 Å². The Hall–Kier alpha value is -1.64. The highest BCUT2D eigenvalue weighted by Crippen LogP contribution is 2.29. The number of hydrogen-bond acceptors (Lipinski definition) is 2. The van der Waals surface area contributed by atoms with Crippen molar-refractivity contribution in [2.45, 2.75) is 38.1 Å². The Labute approximate surface area is 145 Å². The molecule has 2 aliphatic rings. The van der Waals surface area contributed by atoms with Gasteiger partial charge < -0.3 is 5.32 Å². The molecule has 24 heavy (non-hydrogen) atoms. The molecular weight excluding hydrogens is 292 g/mol. The Kier molecular flexibility index (Phi) is 4.96. The van der Waals surface area contributed by atoms with Crippen LogP contribution in [0.25, 0.3) is 11.1 Å². The number of rotatable bonds is 4. The highest BCUT2D eigenvalue weighted by atomic mass is 15.1. The molecular formula is C22H27N2. The van der Waals surface area contributed by atoms with E-state index in [1.807, 2.05) is 0 Å². The molecule has 0 amide bonds. The molecule has 1 N–H and O–H groups in total. The standard InChI is InChI=1S/C22H27N2/c1-2-14-24(13-1)17-18-5-3-6-20(15-18)22-8-4-7-21(16-22)19-9-11-23-12-10-19/h3-7,15-16,19,23H,1-2,9-14,17H2. The molecule has 2 nitrogen and oxygen atoms in total. The minimum atomic E-state index is 0.701. The number of likely N-dealkylation sites (tertiary alicyclic amines) is 1. The number of benzene rings is 2. The van der Waals surface area contributed by atoms with Crippen molar-refractivity contribution < 1.29 is 0 Å². The van der Waals surface area contributed by atoms with Crippen molar-refractivity contribution in [1.82, 2.24) is 10.2 Å². The van der Waals surface area contributed by atoms with E-state index in [4.69, 9.17) is 0 Å². The smallest absolute Gasteiger partial charge is 0.0233 e. The first-order chi connectivity index (χ1) is 11.9. The van der Waals surface area contributed by atoms with Crippen LogP contribution in [0.1, 0.15) is 42.7 Å². The predicted octanol–water partition coefficient (Wildman–Crippen LogP) is 4.22. The van der Waals surface area contributed by atoms with Gasteiger partial charge in [0, 0.05) is 6.54 Å². The molecule has 0 aliphatic carbocycles. The quantitative estimate of drug-likeness (QED) is 0.908. The molecule has 125 valence electrons. The normalized spacial score (nSPS) is 19.7. The molecule has 2 aromatic rings. The molecule has 0 spiro atoms. The first-order valence-corrected chi connectivity index (χ1v) is 9.42. The molecule has 2 heteroatoms. The van der Waals surface area contributed by atoms with Crippen LogP contribution in [0, 0.1) is 6.07 Å². The summed E-state index contributed by atoms with van der Waals surface area (Å²) >= 11 is 0. The van der Waals surface area contributed by atoms with E-state index in [9.17, 15) is 0 Å². The molecule has 2 aliphatic heterocycles. The summed E-state index contributed by atoms with van der Waals surface area (Å²) in [5.41, 5.74) is 5.46. The third-order valence-corrected chi connectivity index (χ3v) is 5.48. The number of hydrogen-bond donors (Lipinski definition) is 1.